The first kappa shape index (κ1) is 13.7. The summed E-state index contributed by atoms with van der Waals surface area (Å²) in [7, 11) is 3.10. The van der Waals surface area contributed by atoms with Crippen LogP contribution in [0.25, 0.3) is 0 Å². The summed E-state index contributed by atoms with van der Waals surface area (Å²) < 4.78 is 15.5. The Bertz CT molecular complexity index is 423. The summed E-state index contributed by atoms with van der Waals surface area (Å²) in [6.07, 6.45) is 3.58. The van der Waals surface area contributed by atoms with Crippen LogP contribution in [0.1, 0.15) is 16.8 Å². The van der Waals surface area contributed by atoms with Crippen LogP contribution >= 0.6 is 0 Å². The van der Waals surface area contributed by atoms with E-state index < -0.39 is 0 Å². The van der Waals surface area contributed by atoms with Crippen LogP contribution < -0.4 is 10.1 Å². The fourth-order valence-corrected chi connectivity index (χ4v) is 1.93. The van der Waals surface area contributed by atoms with Gasteiger partial charge in [-0.25, -0.2) is 9.97 Å². The average Bonchev–Trinajstić information content (AvgIpc) is 2.48. The average molecular weight is 267 g/mol. The molecule has 7 heteroatoms. The Kier molecular flexibility index (Phi) is 4.64. The van der Waals surface area contributed by atoms with Gasteiger partial charge in [-0.2, -0.15) is 0 Å². The van der Waals surface area contributed by atoms with E-state index in [-0.39, 0.29) is 24.1 Å². The smallest absolute Gasteiger partial charge is 0.316 e. The first-order valence-electron chi connectivity index (χ1n) is 6.02. The molecular weight excluding hydrogens is 250 g/mol. The maximum atomic E-state index is 12.0. The van der Waals surface area contributed by atoms with E-state index in [1.54, 1.807) is 7.11 Å². The van der Waals surface area contributed by atoms with Crippen LogP contribution in [-0.2, 0) is 9.47 Å². The van der Waals surface area contributed by atoms with E-state index in [0.717, 1.165) is 6.42 Å². The Labute approximate surface area is 111 Å². The predicted octanol–water partition coefficient (Wildman–Crippen LogP) is 0.0189. The van der Waals surface area contributed by atoms with Crippen LogP contribution in [0.2, 0.25) is 0 Å². The molecule has 0 spiro atoms. The fraction of sp³-hybridized carbons (Fsp3) is 0.583. The minimum absolute atomic E-state index is 0.0307. The SMILES string of the molecule is COc1ncc(C(=O)N[C@H]2COCC[C@@H]2OC)cn1. The molecule has 1 amide bonds. The monoisotopic (exact) mass is 267 g/mol. The third-order valence-corrected chi connectivity index (χ3v) is 2.99. The van der Waals surface area contributed by atoms with Crippen LogP contribution in [0.15, 0.2) is 12.4 Å². The van der Waals surface area contributed by atoms with Crippen molar-refractivity contribution in [1.29, 1.82) is 0 Å². The second-order valence-electron chi connectivity index (χ2n) is 4.18. The van der Waals surface area contributed by atoms with Crippen LogP contribution in [-0.4, -0.2) is 55.5 Å². The molecule has 2 heterocycles. The van der Waals surface area contributed by atoms with Gasteiger partial charge in [0.25, 0.3) is 5.91 Å². The first-order valence-corrected chi connectivity index (χ1v) is 6.02. The van der Waals surface area contributed by atoms with Crippen molar-refractivity contribution in [3.8, 4) is 6.01 Å². The number of nitrogens with zero attached hydrogens (tertiary/aromatic N) is 2. The van der Waals surface area contributed by atoms with Gasteiger partial charge >= 0.3 is 6.01 Å². The molecule has 0 unspecified atom stereocenters. The summed E-state index contributed by atoms with van der Waals surface area (Å²) in [6.45, 7) is 1.10. The molecule has 1 saturated heterocycles. The molecule has 104 valence electrons. The lowest BCUT2D eigenvalue weighted by Crippen LogP contribution is -2.50. The molecule has 1 N–H and O–H groups in total. The van der Waals surface area contributed by atoms with Crippen LogP contribution in [0.5, 0.6) is 6.01 Å². The number of hydrogen-bond donors (Lipinski definition) is 1. The third kappa shape index (κ3) is 3.39. The highest BCUT2D eigenvalue weighted by atomic mass is 16.5. The Morgan fingerprint density at radius 3 is 2.79 bits per heavy atom. The maximum Gasteiger partial charge on any atom is 0.316 e. The molecule has 1 aromatic rings. The molecule has 0 aliphatic carbocycles. The molecule has 0 bridgehead atoms. The summed E-state index contributed by atoms with van der Waals surface area (Å²) in [5, 5.41) is 2.86. The molecule has 0 saturated carbocycles. The van der Waals surface area contributed by atoms with Crippen molar-refractivity contribution in [2.75, 3.05) is 27.4 Å². The number of amides is 1. The lowest BCUT2D eigenvalue weighted by molar-refractivity contribution is -0.0349. The maximum absolute atomic E-state index is 12.0. The topological polar surface area (TPSA) is 82.6 Å². The van der Waals surface area contributed by atoms with Crippen molar-refractivity contribution < 1.29 is 19.0 Å². The van der Waals surface area contributed by atoms with Gasteiger partial charge in [0.05, 0.1) is 31.4 Å². The van der Waals surface area contributed by atoms with Crippen molar-refractivity contribution in [2.45, 2.75) is 18.6 Å². The van der Waals surface area contributed by atoms with Gasteiger partial charge in [0, 0.05) is 26.1 Å². The molecule has 1 fully saturated rings. The van der Waals surface area contributed by atoms with Crippen molar-refractivity contribution in [3.05, 3.63) is 18.0 Å². The van der Waals surface area contributed by atoms with Crippen molar-refractivity contribution in [2.24, 2.45) is 0 Å². The second kappa shape index (κ2) is 6.44. The van der Waals surface area contributed by atoms with Crippen LogP contribution in [0.3, 0.4) is 0 Å². The van der Waals surface area contributed by atoms with Gasteiger partial charge in [-0.15, -0.1) is 0 Å². The predicted molar refractivity (Wildman–Crippen MR) is 66.1 cm³/mol. The highest BCUT2D eigenvalue weighted by molar-refractivity contribution is 5.93. The van der Waals surface area contributed by atoms with E-state index in [0.29, 0.717) is 18.8 Å². The Morgan fingerprint density at radius 1 is 1.42 bits per heavy atom. The summed E-state index contributed by atoms with van der Waals surface area (Å²) >= 11 is 0. The van der Waals surface area contributed by atoms with E-state index in [1.807, 2.05) is 0 Å². The molecule has 19 heavy (non-hydrogen) atoms. The van der Waals surface area contributed by atoms with Crippen molar-refractivity contribution in [1.82, 2.24) is 15.3 Å². The van der Waals surface area contributed by atoms with Gasteiger partial charge < -0.3 is 19.5 Å². The molecule has 7 nitrogen and oxygen atoms in total. The van der Waals surface area contributed by atoms with Crippen molar-refractivity contribution in [3.63, 3.8) is 0 Å². The molecule has 1 aromatic heterocycles. The lowest BCUT2D eigenvalue weighted by Gasteiger charge is -2.30. The molecular formula is C12H17N3O4. The van der Waals surface area contributed by atoms with Gasteiger partial charge in [0.15, 0.2) is 0 Å². The summed E-state index contributed by atoms with van der Waals surface area (Å²) in [5.74, 6) is -0.250. The van der Waals surface area contributed by atoms with Crippen LogP contribution in [0, 0.1) is 0 Å². The number of methoxy groups -OCH3 is 2. The zero-order valence-electron chi connectivity index (χ0n) is 11.0. The van der Waals surface area contributed by atoms with Gasteiger partial charge in [0.1, 0.15) is 0 Å². The normalized spacial score (nSPS) is 22.8. The minimum atomic E-state index is -0.250. The number of aromatic nitrogens is 2. The summed E-state index contributed by atoms with van der Waals surface area (Å²) in [6, 6.07) is 0.0701. The zero-order chi connectivity index (χ0) is 13.7. The number of hydrogen-bond acceptors (Lipinski definition) is 6. The van der Waals surface area contributed by atoms with E-state index >= 15 is 0 Å². The highest BCUT2D eigenvalue weighted by Crippen LogP contribution is 2.12. The molecule has 0 radical (unpaired) electrons. The molecule has 1 aliphatic heterocycles. The molecule has 0 aromatic carbocycles. The largest absolute Gasteiger partial charge is 0.467 e. The fourth-order valence-electron chi connectivity index (χ4n) is 1.93. The second-order valence-corrected chi connectivity index (χ2v) is 4.18. The number of ether oxygens (including phenoxy) is 3. The summed E-state index contributed by atoms with van der Waals surface area (Å²) in [4.78, 5) is 19.8. The Balaban J connectivity index is 1.98. The van der Waals surface area contributed by atoms with Gasteiger partial charge in [-0.3, -0.25) is 4.79 Å². The van der Waals surface area contributed by atoms with Crippen LogP contribution in [0.4, 0.5) is 0 Å². The standard InChI is InChI=1S/C12H17N3O4/c1-17-10-3-4-19-7-9(10)15-11(16)8-5-13-12(18-2)14-6-8/h5-6,9-10H,3-4,7H2,1-2H3,(H,15,16)/t9-,10-/m0/s1. The zero-order valence-corrected chi connectivity index (χ0v) is 11.0. The van der Waals surface area contributed by atoms with E-state index in [4.69, 9.17) is 14.2 Å². The number of nitrogens with one attached hydrogen (secondary N) is 1. The van der Waals surface area contributed by atoms with Gasteiger partial charge in [-0.05, 0) is 6.42 Å². The number of carbonyl (C=O) groups is 1. The number of rotatable bonds is 4. The van der Waals surface area contributed by atoms with E-state index in [1.165, 1.54) is 19.5 Å². The molecule has 2 atom stereocenters. The molecule has 2 rings (SSSR count). The van der Waals surface area contributed by atoms with Crippen molar-refractivity contribution >= 4 is 5.91 Å². The Morgan fingerprint density at radius 2 is 2.16 bits per heavy atom. The lowest BCUT2D eigenvalue weighted by atomic mass is 10.1. The molecule has 1 aliphatic rings. The first-order chi connectivity index (χ1) is 9.24. The Hall–Kier alpha value is -1.73. The minimum Gasteiger partial charge on any atom is -0.467 e. The highest BCUT2D eigenvalue weighted by Gasteiger charge is 2.27. The summed E-state index contributed by atoms with van der Waals surface area (Å²) in [5.41, 5.74) is 0.376. The number of carbonyl (C=O) groups excluding carboxylic acids is 1. The van der Waals surface area contributed by atoms with E-state index in [2.05, 4.69) is 15.3 Å². The van der Waals surface area contributed by atoms with Gasteiger partial charge in [0.2, 0.25) is 0 Å². The van der Waals surface area contributed by atoms with Gasteiger partial charge in [-0.1, -0.05) is 0 Å². The quantitative estimate of drug-likeness (QED) is 0.828. The third-order valence-electron chi connectivity index (χ3n) is 2.99. The van der Waals surface area contributed by atoms with E-state index in [9.17, 15) is 4.79 Å².